The minimum Gasteiger partial charge on any atom is -0.342 e. The highest BCUT2D eigenvalue weighted by Crippen LogP contribution is 2.22. The maximum Gasteiger partial charge on any atom is 0.177 e. The van der Waals surface area contributed by atoms with Crippen molar-refractivity contribution in [3.63, 3.8) is 0 Å². The third kappa shape index (κ3) is 2.41. The van der Waals surface area contributed by atoms with Crippen LogP contribution >= 0.6 is 11.3 Å². The van der Waals surface area contributed by atoms with Gasteiger partial charge in [0.05, 0.1) is 10.4 Å². The summed E-state index contributed by atoms with van der Waals surface area (Å²) in [5.41, 5.74) is 1.28. The molecule has 2 aromatic heterocycles. The summed E-state index contributed by atoms with van der Waals surface area (Å²) in [5, 5.41) is 2.01. The van der Waals surface area contributed by atoms with Gasteiger partial charge in [-0.1, -0.05) is 12.1 Å². The van der Waals surface area contributed by atoms with E-state index in [-0.39, 0.29) is 4.90 Å². The first-order valence-corrected chi connectivity index (χ1v) is 8.51. The van der Waals surface area contributed by atoms with Crippen LogP contribution in [0.25, 0.3) is 11.0 Å². The van der Waals surface area contributed by atoms with Crippen molar-refractivity contribution in [2.24, 2.45) is 0 Å². The van der Waals surface area contributed by atoms with Crippen LogP contribution in [-0.4, -0.2) is 24.6 Å². The summed E-state index contributed by atoms with van der Waals surface area (Å²) in [4.78, 5) is 9.07. The van der Waals surface area contributed by atoms with E-state index in [4.69, 9.17) is 0 Å². The van der Waals surface area contributed by atoms with Gasteiger partial charge in [-0.2, -0.15) is 0 Å². The van der Waals surface area contributed by atoms with Crippen LogP contribution < -0.4 is 0 Å². The number of hydrogen-bond acceptors (Lipinski definition) is 4. The van der Waals surface area contributed by atoms with E-state index >= 15 is 0 Å². The highest BCUT2D eigenvalue weighted by molar-refractivity contribution is 7.91. The Hall–Kier alpha value is -1.66. The number of aromatic nitrogens is 2. The molecule has 3 rings (SSSR count). The molecule has 0 saturated heterocycles. The minimum atomic E-state index is -3.26. The number of nitrogens with zero attached hydrogens (tertiary/aromatic N) is 1. The number of fused-ring (bicyclic) bond motifs is 1. The summed E-state index contributed by atoms with van der Waals surface area (Å²) >= 11 is 1.66. The third-order valence-electron chi connectivity index (χ3n) is 2.85. The fourth-order valence-electron chi connectivity index (χ4n) is 2.02. The maximum atomic E-state index is 11.7. The van der Waals surface area contributed by atoms with Gasteiger partial charge in [-0.05, 0) is 23.6 Å². The Balaban J connectivity index is 2.11. The second-order valence-corrected chi connectivity index (χ2v) is 7.38. The van der Waals surface area contributed by atoms with Crippen LogP contribution in [0, 0.1) is 0 Å². The normalized spacial score (nSPS) is 12.1. The van der Waals surface area contributed by atoms with Crippen molar-refractivity contribution >= 4 is 32.2 Å². The highest BCUT2D eigenvalue weighted by Gasteiger charge is 2.15. The molecular weight excluding hydrogens is 280 g/mol. The number of para-hydroxylation sites is 1. The number of benzene rings is 1. The van der Waals surface area contributed by atoms with Crippen molar-refractivity contribution < 1.29 is 8.42 Å². The van der Waals surface area contributed by atoms with Gasteiger partial charge < -0.3 is 4.98 Å². The van der Waals surface area contributed by atoms with Gasteiger partial charge in [0.25, 0.3) is 0 Å². The van der Waals surface area contributed by atoms with Crippen molar-refractivity contribution in [2.45, 2.75) is 11.3 Å². The topological polar surface area (TPSA) is 62.8 Å². The zero-order valence-corrected chi connectivity index (χ0v) is 11.9. The van der Waals surface area contributed by atoms with Gasteiger partial charge in [-0.25, -0.2) is 13.4 Å². The molecule has 98 valence electrons. The summed E-state index contributed by atoms with van der Waals surface area (Å²) < 4.78 is 23.4. The molecule has 0 spiro atoms. The molecule has 0 bridgehead atoms. The molecule has 3 aromatic rings. The molecule has 0 aliphatic carbocycles. The van der Waals surface area contributed by atoms with Gasteiger partial charge in [0.2, 0.25) is 0 Å². The fraction of sp³-hybridized carbons (Fsp3) is 0.154. The first kappa shape index (κ1) is 12.4. The highest BCUT2D eigenvalue weighted by atomic mass is 32.2. The third-order valence-corrected chi connectivity index (χ3v) is 4.85. The number of H-pyrrole nitrogens is 1. The van der Waals surface area contributed by atoms with E-state index in [9.17, 15) is 8.42 Å². The first-order chi connectivity index (χ1) is 9.04. The Morgan fingerprint density at radius 3 is 2.79 bits per heavy atom. The van der Waals surface area contributed by atoms with Gasteiger partial charge in [-0.15, -0.1) is 11.3 Å². The van der Waals surface area contributed by atoms with Gasteiger partial charge in [0, 0.05) is 17.6 Å². The van der Waals surface area contributed by atoms with Crippen LogP contribution in [0.3, 0.4) is 0 Å². The number of imidazole rings is 1. The van der Waals surface area contributed by atoms with Gasteiger partial charge >= 0.3 is 0 Å². The first-order valence-electron chi connectivity index (χ1n) is 5.74. The predicted octanol–water partition coefficient (Wildman–Crippen LogP) is 2.62. The standard InChI is InChI=1S/C13H12N2O2S2/c1-19(16,17)11-6-2-5-10-13(11)15-12(14-10)8-9-4-3-7-18-9/h2-7H,8H2,1H3,(H,14,15). The number of nitrogens with one attached hydrogen (secondary N) is 1. The van der Waals surface area contributed by atoms with E-state index in [1.54, 1.807) is 23.5 Å². The average molecular weight is 292 g/mol. The van der Waals surface area contributed by atoms with Crippen molar-refractivity contribution in [3.05, 3.63) is 46.4 Å². The zero-order chi connectivity index (χ0) is 13.5. The molecule has 2 heterocycles. The Labute approximate surface area is 115 Å². The summed E-state index contributed by atoms with van der Waals surface area (Å²) in [6, 6.07) is 9.19. The molecule has 0 aliphatic heterocycles. The van der Waals surface area contributed by atoms with Crippen molar-refractivity contribution in [2.75, 3.05) is 6.26 Å². The van der Waals surface area contributed by atoms with E-state index in [0.717, 1.165) is 11.3 Å². The van der Waals surface area contributed by atoms with E-state index in [1.807, 2.05) is 23.6 Å². The summed E-state index contributed by atoms with van der Waals surface area (Å²) in [6.07, 6.45) is 1.89. The van der Waals surface area contributed by atoms with Crippen molar-refractivity contribution in [1.82, 2.24) is 9.97 Å². The Bertz CT molecular complexity index is 818. The molecule has 0 aliphatic rings. The maximum absolute atomic E-state index is 11.7. The lowest BCUT2D eigenvalue weighted by molar-refractivity contribution is 0.602. The SMILES string of the molecule is CS(=O)(=O)c1cccc2[nH]c(Cc3cccs3)nc12. The molecule has 19 heavy (non-hydrogen) atoms. The molecule has 0 saturated carbocycles. The van der Waals surface area contributed by atoms with Gasteiger partial charge in [-0.3, -0.25) is 0 Å². The van der Waals surface area contributed by atoms with Gasteiger partial charge in [0.15, 0.2) is 9.84 Å². The number of rotatable bonds is 3. The van der Waals surface area contributed by atoms with Gasteiger partial charge in [0.1, 0.15) is 11.3 Å². The molecule has 0 radical (unpaired) electrons. The number of thiophene rings is 1. The Kier molecular flexibility index (Phi) is 2.91. The van der Waals surface area contributed by atoms with Crippen LogP contribution in [0.2, 0.25) is 0 Å². The van der Waals surface area contributed by atoms with Crippen molar-refractivity contribution in [1.29, 1.82) is 0 Å². The second kappa shape index (κ2) is 4.47. The van der Waals surface area contributed by atoms with E-state index in [0.29, 0.717) is 11.9 Å². The molecule has 1 N–H and O–H groups in total. The number of aromatic amines is 1. The van der Waals surface area contributed by atoms with Crippen molar-refractivity contribution in [3.8, 4) is 0 Å². The smallest absolute Gasteiger partial charge is 0.177 e. The molecule has 1 aromatic carbocycles. The lowest BCUT2D eigenvalue weighted by Crippen LogP contribution is -1.97. The molecule has 0 atom stereocenters. The zero-order valence-electron chi connectivity index (χ0n) is 10.3. The summed E-state index contributed by atoms with van der Waals surface area (Å²) in [6.45, 7) is 0. The minimum absolute atomic E-state index is 0.277. The molecule has 6 heteroatoms. The van der Waals surface area contributed by atoms with Crippen LogP contribution in [0.5, 0.6) is 0 Å². The molecule has 4 nitrogen and oxygen atoms in total. The number of hydrogen-bond donors (Lipinski definition) is 1. The Morgan fingerprint density at radius 1 is 1.26 bits per heavy atom. The molecule has 0 unspecified atom stereocenters. The van der Waals surface area contributed by atoms with E-state index in [2.05, 4.69) is 9.97 Å². The molecule has 0 amide bonds. The van der Waals surface area contributed by atoms with Crippen LogP contribution in [-0.2, 0) is 16.3 Å². The molecular formula is C13H12N2O2S2. The fourth-order valence-corrected chi connectivity index (χ4v) is 3.56. The number of sulfone groups is 1. The van der Waals surface area contributed by atoms with E-state index in [1.165, 1.54) is 11.1 Å². The van der Waals surface area contributed by atoms with E-state index < -0.39 is 9.84 Å². The Morgan fingerprint density at radius 2 is 2.11 bits per heavy atom. The quantitative estimate of drug-likeness (QED) is 0.807. The van der Waals surface area contributed by atoms with Crippen LogP contribution in [0.15, 0.2) is 40.6 Å². The monoisotopic (exact) mass is 292 g/mol. The summed E-state index contributed by atoms with van der Waals surface area (Å²) in [7, 11) is -3.26. The summed E-state index contributed by atoms with van der Waals surface area (Å²) in [5.74, 6) is 0.786. The lowest BCUT2D eigenvalue weighted by atomic mass is 10.3. The van der Waals surface area contributed by atoms with Crippen LogP contribution in [0.4, 0.5) is 0 Å². The lowest BCUT2D eigenvalue weighted by Gasteiger charge is -1.97. The molecule has 0 fully saturated rings. The average Bonchev–Trinajstić information content (AvgIpc) is 2.95. The largest absolute Gasteiger partial charge is 0.342 e. The predicted molar refractivity (Wildman–Crippen MR) is 76.3 cm³/mol. The second-order valence-electron chi connectivity index (χ2n) is 4.36. The van der Waals surface area contributed by atoms with Crippen LogP contribution in [0.1, 0.15) is 10.7 Å².